The first-order valence-corrected chi connectivity index (χ1v) is 11.8. The number of amides is 1. The molecule has 9 heteroatoms. The zero-order chi connectivity index (χ0) is 24.8. The van der Waals surface area contributed by atoms with Crippen LogP contribution in [0.5, 0.6) is 11.5 Å². The predicted molar refractivity (Wildman–Crippen MR) is 133 cm³/mol. The lowest BCUT2D eigenvalue weighted by atomic mass is 10.2. The van der Waals surface area contributed by atoms with Crippen molar-refractivity contribution in [3.63, 3.8) is 0 Å². The third kappa shape index (κ3) is 5.63. The van der Waals surface area contributed by atoms with Gasteiger partial charge in [-0.25, -0.2) is 4.39 Å². The van der Waals surface area contributed by atoms with Crippen molar-refractivity contribution in [1.29, 1.82) is 0 Å². The summed E-state index contributed by atoms with van der Waals surface area (Å²) in [5.74, 6) is 1.63. The molecule has 0 spiro atoms. The van der Waals surface area contributed by atoms with Gasteiger partial charge >= 0.3 is 0 Å². The van der Waals surface area contributed by atoms with Crippen molar-refractivity contribution in [2.75, 3.05) is 27.0 Å². The first-order chi connectivity index (χ1) is 17.0. The summed E-state index contributed by atoms with van der Waals surface area (Å²) in [7, 11) is 4.91. The van der Waals surface area contributed by atoms with E-state index in [1.807, 2.05) is 53.1 Å². The Morgan fingerprint density at radius 3 is 2.37 bits per heavy atom. The summed E-state index contributed by atoms with van der Waals surface area (Å²) in [6, 6.07) is 21.3. The van der Waals surface area contributed by atoms with E-state index in [1.165, 1.54) is 23.9 Å². The van der Waals surface area contributed by atoms with Gasteiger partial charge in [0, 0.05) is 24.8 Å². The van der Waals surface area contributed by atoms with E-state index in [0.29, 0.717) is 34.7 Å². The lowest BCUT2D eigenvalue weighted by Gasteiger charge is -2.18. The maximum absolute atomic E-state index is 13.6. The number of hydrogen-bond acceptors (Lipinski definition) is 6. The molecule has 4 aromatic rings. The van der Waals surface area contributed by atoms with Gasteiger partial charge < -0.3 is 14.4 Å². The summed E-state index contributed by atoms with van der Waals surface area (Å²) >= 11 is 1.28. The SMILES string of the molecule is COc1ccc(CN(C)C(=O)CSc2nnc(-c3ccccc3)n2-c2ccc(F)cc2)cc1OC. The summed E-state index contributed by atoms with van der Waals surface area (Å²) in [5.41, 5.74) is 2.50. The average Bonchev–Trinajstić information content (AvgIpc) is 3.32. The van der Waals surface area contributed by atoms with E-state index in [4.69, 9.17) is 9.47 Å². The van der Waals surface area contributed by atoms with E-state index >= 15 is 0 Å². The minimum atomic E-state index is -0.329. The second kappa shape index (κ2) is 11.1. The van der Waals surface area contributed by atoms with Gasteiger partial charge in [0.2, 0.25) is 5.91 Å². The Kier molecular flexibility index (Phi) is 7.67. The number of methoxy groups -OCH3 is 2. The number of carbonyl (C=O) groups is 1. The van der Waals surface area contributed by atoms with Crippen LogP contribution >= 0.6 is 11.8 Å². The van der Waals surface area contributed by atoms with Crippen LogP contribution in [-0.4, -0.2) is 52.6 Å². The third-order valence-corrected chi connectivity index (χ3v) is 6.28. The van der Waals surface area contributed by atoms with E-state index in [1.54, 1.807) is 38.3 Å². The Morgan fingerprint density at radius 1 is 0.971 bits per heavy atom. The van der Waals surface area contributed by atoms with E-state index < -0.39 is 0 Å². The number of ether oxygens (including phenoxy) is 2. The van der Waals surface area contributed by atoms with Gasteiger partial charge in [0.15, 0.2) is 22.5 Å². The normalized spacial score (nSPS) is 10.7. The van der Waals surface area contributed by atoms with Gasteiger partial charge in [-0.2, -0.15) is 0 Å². The van der Waals surface area contributed by atoms with Gasteiger partial charge in [-0.15, -0.1) is 10.2 Å². The zero-order valence-electron chi connectivity index (χ0n) is 19.6. The number of carbonyl (C=O) groups excluding carboxylic acids is 1. The maximum Gasteiger partial charge on any atom is 0.233 e. The number of rotatable bonds is 9. The molecule has 0 atom stereocenters. The summed E-state index contributed by atoms with van der Waals surface area (Å²) in [5, 5.41) is 9.23. The van der Waals surface area contributed by atoms with Gasteiger partial charge in [-0.3, -0.25) is 9.36 Å². The first-order valence-electron chi connectivity index (χ1n) is 10.8. The Morgan fingerprint density at radius 2 is 1.69 bits per heavy atom. The van der Waals surface area contributed by atoms with Gasteiger partial charge in [-0.05, 0) is 42.0 Å². The number of halogens is 1. The zero-order valence-corrected chi connectivity index (χ0v) is 20.5. The molecule has 0 fully saturated rings. The summed E-state index contributed by atoms with van der Waals surface area (Å²) < 4.78 is 26.0. The fraction of sp³-hybridized carbons (Fsp3) is 0.192. The lowest BCUT2D eigenvalue weighted by molar-refractivity contribution is -0.127. The van der Waals surface area contributed by atoms with Crippen LogP contribution in [-0.2, 0) is 11.3 Å². The predicted octanol–water partition coefficient (Wildman–Crippen LogP) is 4.84. The molecule has 0 aliphatic carbocycles. The van der Waals surface area contributed by atoms with Crippen LogP contribution < -0.4 is 9.47 Å². The van der Waals surface area contributed by atoms with Crippen LogP contribution in [0.15, 0.2) is 78.0 Å². The molecule has 1 amide bonds. The number of thioether (sulfide) groups is 1. The molecule has 0 saturated heterocycles. The topological polar surface area (TPSA) is 69.5 Å². The molecule has 0 aliphatic rings. The summed E-state index contributed by atoms with van der Waals surface area (Å²) in [6.45, 7) is 0.416. The maximum atomic E-state index is 13.6. The molecule has 0 aliphatic heterocycles. The van der Waals surface area contributed by atoms with Crippen LogP contribution in [0.2, 0.25) is 0 Å². The van der Waals surface area contributed by atoms with Crippen molar-refractivity contribution in [3.05, 3.63) is 84.2 Å². The van der Waals surface area contributed by atoms with Crippen molar-refractivity contribution >= 4 is 17.7 Å². The number of aromatic nitrogens is 3. The fourth-order valence-electron chi connectivity index (χ4n) is 3.54. The highest BCUT2D eigenvalue weighted by atomic mass is 32.2. The molecule has 0 N–H and O–H groups in total. The highest BCUT2D eigenvalue weighted by Crippen LogP contribution is 2.29. The van der Waals surface area contributed by atoms with Crippen LogP contribution in [0.25, 0.3) is 17.1 Å². The number of benzene rings is 3. The van der Waals surface area contributed by atoms with Crippen molar-refractivity contribution in [3.8, 4) is 28.6 Å². The molecule has 3 aromatic carbocycles. The molecule has 0 unspecified atom stereocenters. The van der Waals surface area contributed by atoms with Gasteiger partial charge in [0.05, 0.1) is 20.0 Å². The molecule has 180 valence electrons. The molecule has 0 saturated carbocycles. The second-order valence-electron chi connectivity index (χ2n) is 7.71. The second-order valence-corrected chi connectivity index (χ2v) is 8.65. The molecular weight excluding hydrogens is 467 g/mol. The standard InChI is InChI=1S/C26H25FN4O3S/c1-30(16-18-9-14-22(33-2)23(15-18)34-3)24(32)17-35-26-29-28-25(19-7-5-4-6-8-19)31(26)21-12-10-20(27)11-13-21/h4-15H,16-17H2,1-3H3. The van der Waals surface area contributed by atoms with Crippen LogP contribution in [0.1, 0.15) is 5.56 Å². The van der Waals surface area contributed by atoms with E-state index in [0.717, 1.165) is 11.1 Å². The van der Waals surface area contributed by atoms with Gasteiger partial charge in [0.1, 0.15) is 5.82 Å². The molecule has 0 radical (unpaired) electrons. The molecule has 1 aromatic heterocycles. The number of hydrogen-bond donors (Lipinski definition) is 0. The largest absolute Gasteiger partial charge is 0.493 e. The molecule has 7 nitrogen and oxygen atoms in total. The summed E-state index contributed by atoms with van der Waals surface area (Å²) in [4.78, 5) is 14.6. The highest BCUT2D eigenvalue weighted by molar-refractivity contribution is 7.99. The summed E-state index contributed by atoms with van der Waals surface area (Å²) in [6.07, 6.45) is 0. The fourth-order valence-corrected chi connectivity index (χ4v) is 4.43. The smallest absolute Gasteiger partial charge is 0.233 e. The lowest BCUT2D eigenvalue weighted by Crippen LogP contribution is -2.27. The molecule has 1 heterocycles. The van der Waals surface area contributed by atoms with Crippen LogP contribution in [0.3, 0.4) is 0 Å². The van der Waals surface area contributed by atoms with Crippen molar-refractivity contribution in [2.45, 2.75) is 11.7 Å². The third-order valence-electron chi connectivity index (χ3n) is 5.37. The van der Waals surface area contributed by atoms with Gasteiger partial charge in [0.25, 0.3) is 0 Å². The Hall–Kier alpha value is -3.85. The van der Waals surface area contributed by atoms with Gasteiger partial charge in [-0.1, -0.05) is 48.2 Å². The quantitative estimate of drug-likeness (QED) is 0.312. The van der Waals surface area contributed by atoms with Crippen molar-refractivity contribution < 1.29 is 18.7 Å². The molecule has 35 heavy (non-hydrogen) atoms. The number of nitrogens with zero attached hydrogens (tertiary/aromatic N) is 4. The van der Waals surface area contributed by atoms with E-state index in [-0.39, 0.29) is 17.5 Å². The molecule has 4 rings (SSSR count). The Labute approximate surface area is 207 Å². The first kappa shape index (κ1) is 24.3. The van der Waals surface area contributed by atoms with E-state index in [2.05, 4.69) is 10.2 Å². The minimum Gasteiger partial charge on any atom is -0.493 e. The monoisotopic (exact) mass is 492 g/mol. The Bertz CT molecular complexity index is 1300. The van der Waals surface area contributed by atoms with Crippen molar-refractivity contribution in [1.82, 2.24) is 19.7 Å². The average molecular weight is 493 g/mol. The van der Waals surface area contributed by atoms with Crippen molar-refractivity contribution in [2.24, 2.45) is 0 Å². The Balaban J connectivity index is 1.52. The van der Waals surface area contributed by atoms with Crippen LogP contribution in [0, 0.1) is 5.82 Å². The molecular formula is C26H25FN4O3S. The highest BCUT2D eigenvalue weighted by Gasteiger charge is 2.19. The minimum absolute atomic E-state index is 0.0697. The van der Waals surface area contributed by atoms with Crippen LogP contribution in [0.4, 0.5) is 4.39 Å². The molecule has 0 bridgehead atoms. The van der Waals surface area contributed by atoms with E-state index in [9.17, 15) is 9.18 Å².